The van der Waals surface area contributed by atoms with Crippen LogP contribution in [0.3, 0.4) is 0 Å². The normalized spacial score (nSPS) is 15.0. The number of nitrogens with zero attached hydrogens (tertiary/aromatic N) is 9. The van der Waals surface area contributed by atoms with Crippen LogP contribution in [-0.4, -0.2) is 50.6 Å². The summed E-state index contributed by atoms with van der Waals surface area (Å²) in [6.07, 6.45) is 6.99. The van der Waals surface area contributed by atoms with Gasteiger partial charge in [0.25, 0.3) is 0 Å². The third kappa shape index (κ3) is 3.85. The van der Waals surface area contributed by atoms with Crippen LogP contribution in [0.2, 0.25) is 10.0 Å². The van der Waals surface area contributed by atoms with E-state index in [0.717, 1.165) is 22.8 Å². The summed E-state index contributed by atoms with van der Waals surface area (Å²) in [6, 6.07) is 0.636. The Morgan fingerprint density at radius 3 is 2.68 bits per heavy atom. The second-order valence-corrected chi connectivity index (χ2v) is 9.29. The number of rotatable bonds is 6. The van der Waals surface area contributed by atoms with Gasteiger partial charge in [0.15, 0.2) is 5.82 Å². The number of alkyl halides is 3. The molecule has 6 rings (SSSR count). The van der Waals surface area contributed by atoms with Gasteiger partial charge < -0.3 is 9.88 Å². The molecule has 15 heteroatoms. The lowest BCUT2D eigenvalue weighted by Gasteiger charge is -2.27. The largest absolute Gasteiger partial charge is 0.404 e. The van der Waals surface area contributed by atoms with Gasteiger partial charge in [0.1, 0.15) is 18.3 Å². The molecular formula is C22H17Cl2F3N10. The topological polar surface area (TPSA) is 96.2 Å². The number of hydrogen-bond donors (Lipinski definition) is 1. The van der Waals surface area contributed by atoms with Crippen molar-refractivity contribution in [1.29, 1.82) is 0 Å². The highest BCUT2D eigenvalue weighted by molar-refractivity contribution is 6.33. The van der Waals surface area contributed by atoms with Gasteiger partial charge in [0, 0.05) is 43.2 Å². The summed E-state index contributed by atoms with van der Waals surface area (Å²) in [5.41, 5.74) is 1.81. The van der Waals surface area contributed by atoms with Crippen molar-refractivity contribution in [3.63, 3.8) is 0 Å². The quantitative estimate of drug-likeness (QED) is 0.324. The van der Waals surface area contributed by atoms with E-state index in [1.54, 1.807) is 46.9 Å². The van der Waals surface area contributed by atoms with Crippen molar-refractivity contribution >= 4 is 34.8 Å². The molecule has 0 radical (unpaired) electrons. The van der Waals surface area contributed by atoms with Crippen molar-refractivity contribution in [1.82, 2.24) is 43.9 Å². The Kier molecular flexibility index (Phi) is 5.49. The van der Waals surface area contributed by atoms with Crippen LogP contribution in [-0.2, 0) is 19.6 Å². The maximum absolute atomic E-state index is 15.3. The van der Waals surface area contributed by atoms with Gasteiger partial charge in [-0.1, -0.05) is 23.2 Å². The molecule has 0 bridgehead atoms. The summed E-state index contributed by atoms with van der Waals surface area (Å²) in [6.45, 7) is -0.821. The fourth-order valence-corrected chi connectivity index (χ4v) is 4.70. The van der Waals surface area contributed by atoms with Gasteiger partial charge in [-0.2, -0.15) is 19.0 Å². The number of anilines is 2. The number of hydrogen-bond acceptors (Lipinski definition) is 6. The van der Waals surface area contributed by atoms with Crippen molar-refractivity contribution in [2.24, 2.45) is 7.05 Å². The Hall–Kier alpha value is -3.84. The van der Waals surface area contributed by atoms with Crippen LogP contribution in [0.5, 0.6) is 0 Å². The Morgan fingerprint density at radius 2 is 1.97 bits per heavy atom. The standard InChI is InChI=1S/C22H17Cl2F3N10/c1-34-19(2-3-29-34)31-18-5-15(16(24)8-28-18)12-4-17-20-32-33-21(22(26,27)36-10-13(23)7-30-36)37(20)14(6-25)11-35(17)9-12/h2-5,7-10,14H,6,11H2,1H3,(H,28,31)/t14-/m0/s1. The molecule has 0 aliphatic carbocycles. The van der Waals surface area contributed by atoms with Crippen LogP contribution >= 0.6 is 23.2 Å². The first kappa shape index (κ1) is 23.6. The first-order chi connectivity index (χ1) is 17.8. The molecule has 37 heavy (non-hydrogen) atoms. The van der Waals surface area contributed by atoms with Crippen molar-refractivity contribution in [3.8, 4) is 22.6 Å². The molecule has 0 spiro atoms. The summed E-state index contributed by atoms with van der Waals surface area (Å²) in [7, 11) is 1.79. The minimum atomic E-state index is -3.70. The fraction of sp³-hybridized carbons (Fsp3) is 0.227. The predicted molar refractivity (Wildman–Crippen MR) is 130 cm³/mol. The summed E-state index contributed by atoms with van der Waals surface area (Å²) >= 11 is 12.2. The smallest absolute Gasteiger partial charge is 0.342 e. The van der Waals surface area contributed by atoms with Gasteiger partial charge in [-0.25, -0.2) is 14.1 Å². The Balaban J connectivity index is 1.41. The zero-order chi connectivity index (χ0) is 25.9. The summed E-state index contributed by atoms with van der Waals surface area (Å²) < 4.78 is 49.7. The van der Waals surface area contributed by atoms with E-state index in [1.807, 2.05) is 0 Å². The van der Waals surface area contributed by atoms with Gasteiger partial charge in [0.05, 0.1) is 40.4 Å². The molecule has 10 nitrogen and oxygen atoms in total. The predicted octanol–water partition coefficient (Wildman–Crippen LogP) is 4.91. The van der Waals surface area contributed by atoms with Gasteiger partial charge in [0.2, 0.25) is 5.82 Å². The summed E-state index contributed by atoms with van der Waals surface area (Å²) in [5.74, 6) is 0.620. The van der Waals surface area contributed by atoms with Crippen LogP contribution < -0.4 is 5.32 Å². The number of nitrogens with one attached hydrogen (secondary N) is 1. The molecule has 0 saturated heterocycles. The minimum absolute atomic E-state index is 0.0325. The first-order valence-electron chi connectivity index (χ1n) is 11.0. The average molecular weight is 549 g/mol. The molecule has 1 aliphatic heterocycles. The second kappa shape index (κ2) is 8.63. The van der Waals surface area contributed by atoms with E-state index in [-0.39, 0.29) is 17.4 Å². The molecular weight excluding hydrogens is 532 g/mol. The highest BCUT2D eigenvalue weighted by Gasteiger charge is 2.44. The lowest BCUT2D eigenvalue weighted by Crippen LogP contribution is -2.33. The Labute approximate surface area is 217 Å². The molecule has 5 aromatic rings. The summed E-state index contributed by atoms with van der Waals surface area (Å²) in [4.78, 5) is 4.32. The summed E-state index contributed by atoms with van der Waals surface area (Å²) in [5, 5.41) is 19.0. The number of aromatic nitrogens is 9. The molecule has 0 saturated carbocycles. The fourth-order valence-electron chi connectivity index (χ4n) is 4.35. The van der Waals surface area contributed by atoms with E-state index in [0.29, 0.717) is 32.3 Å². The molecule has 0 aromatic carbocycles. The average Bonchev–Trinajstić information content (AvgIpc) is 3.66. The van der Waals surface area contributed by atoms with Crippen molar-refractivity contribution in [2.75, 3.05) is 12.0 Å². The van der Waals surface area contributed by atoms with Crippen LogP contribution in [0.1, 0.15) is 11.9 Å². The lowest BCUT2D eigenvalue weighted by atomic mass is 10.1. The monoisotopic (exact) mass is 548 g/mol. The maximum atomic E-state index is 15.3. The van der Waals surface area contributed by atoms with Crippen LogP contribution in [0.4, 0.5) is 24.8 Å². The SMILES string of the molecule is Cn1nccc1Nc1cc(-c2cc3n(c2)C[C@H](CF)n2c-3nnc2C(F)(F)n2cc(Cl)cn2)c(Cl)cn1. The van der Waals surface area contributed by atoms with E-state index >= 15 is 8.78 Å². The number of aryl methyl sites for hydroxylation is 1. The molecule has 0 amide bonds. The second-order valence-electron chi connectivity index (χ2n) is 8.45. The van der Waals surface area contributed by atoms with Crippen molar-refractivity contribution in [2.45, 2.75) is 18.6 Å². The molecule has 1 N–H and O–H groups in total. The van der Waals surface area contributed by atoms with E-state index in [1.165, 1.54) is 6.20 Å². The molecule has 6 heterocycles. The van der Waals surface area contributed by atoms with Gasteiger partial charge in [-0.3, -0.25) is 9.25 Å². The number of pyridine rings is 1. The highest BCUT2D eigenvalue weighted by Crippen LogP contribution is 2.40. The van der Waals surface area contributed by atoms with E-state index in [2.05, 4.69) is 30.7 Å². The van der Waals surface area contributed by atoms with Crippen molar-refractivity contribution < 1.29 is 13.2 Å². The number of fused-ring (bicyclic) bond motifs is 3. The molecule has 0 unspecified atom stereocenters. The molecule has 5 aromatic heterocycles. The highest BCUT2D eigenvalue weighted by atomic mass is 35.5. The first-order valence-corrected chi connectivity index (χ1v) is 11.7. The zero-order valence-electron chi connectivity index (χ0n) is 19.0. The number of halogens is 5. The van der Waals surface area contributed by atoms with Crippen LogP contribution in [0, 0.1) is 0 Å². The van der Waals surface area contributed by atoms with Crippen molar-refractivity contribution in [3.05, 3.63) is 65.1 Å². The zero-order valence-corrected chi connectivity index (χ0v) is 20.5. The van der Waals surface area contributed by atoms with Gasteiger partial charge in [-0.15, -0.1) is 10.2 Å². The van der Waals surface area contributed by atoms with Gasteiger partial charge >= 0.3 is 6.05 Å². The van der Waals surface area contributed by atoms with E-state index in [4.69, 9.17) is 23.2 Å². The van der Waals surface area contributed by atoms with E-state index in [9.17, 15) is 4.39 Å². The van der Waals surface area contributed by atoms with Gasteiger partial charge in [-0.05, 0) is 12.1 Å². The lowest BCUT2D eigenvalue weighted by molar-refractivity contribution is -0.0615. The molecule has 1 aliphatic rings. The maximum Gasteiger partial charge on any atom is 0.404 e. The van der Waals surface area contributed by atoms with Crippen LogP contribution in [0.15, 0.2) is 49.2 Å². The molecule has 0 fully saturated rings. The van der Waals surface area contributed by atoms with E-state index < -0.39 is 24.6 Å². The molecule has 1 atom stereocenters. The Bertz CT molecular complexity index is 1620. The third-order valence-corrected chi connectivity index (χ3v) is 6.62. The Morgan fingerprint density at radius 1 is 1.14 bits per heavy atom. The van der Waals surface area contributed by atoms with Crippen LogP contribution in [0.25, 0.3) is 22.6 Å². The third-order valence-electron chi connectivity index (χ3n) is 6.12. The minimum Gasteiger partial charge on any atom is -0.342 e. The molecule has 190 valence electrons.